The van der Waals surface area contributed by atoms with Gasteiger partial charge in [-0.15, -0.1) is 23.1 Å². The number of nitrogens with one attached hydrogen (secondary N) is 1. The molecule has 1 aromatic carbocycles. The Labute approximate surface area is 118 Å². The highest BCUT2D eigenvalue weighted by molar-refractivity contribution is 7.99. The molecule has 0 spiro atoms. The summed E-state index contributed by atoms with van der Waals surface area (Å²) in [7, 11) is 0. The van der Waals surface area contributed by atoms with Crippen molar-refractivity contribution in [3.8, 4) is 0 Å². The smallest absolute Gasteiger partial charge is 0.0512 e. The van der Waals surface area contributed by atoms with E-state index in [2.05, 4.69) is 60.9 Å². The van der Waals surface area contributed by atoms with Crippen molar-refractivity contribution in [1.29, 1.82) is 0 Å². The molecule has 18 heavy (non-hydrogen) atoms. The average Bonchev–Trinajstić information content (AvgIpc) is 2.82. The van der Waals surface area contributed by atoms with Crippen LogP contribution in [0.5, 0.6) is 0 Å². The monoisotopic (exact) mass is 277 g/mol. The van der Waals surface area contributed by atoms with Gasteiger partial charge in [0.25, 0.3) is 0 Å². The number of aryl methyl sites for hydroxylation is 1. The third-order valence-electron chi connectivity index (χ3n) is 2.83. The zero-order chi connectivity index (χ0) is 12.8. The maximum Gasteiger partial charge on any atom is 0.0512 e. The highest BCUT2D eigenvalue weighted by Gasteiger charge is 2.14. The van der Waals surface area contributed by atoms with Gasteiger partial charge in [0, 0.05) is 15.5 Å². The lowest BCUT2D eigenvalue weighted by Gasteiger charge is -2.17. The summed E-state index contributed by atoms with van der Waals surface area (Å²) in [4.78, 5) is 2.81. The lowest BCUT2D eigenvalue weighted by atomic mass is 10.2. The first-order chi connectivity index (χ1) is 8.81. The van der Waals surface area contributed by atoms with Gasteiger partial charge in [0.15, 0.2) is 0 Å². The van der Waals surface area contributed by atoms with Crippen molar-refractivity contribution in [1.82, 2.24) is 5.32 Å². The molecule has 1 N–H and O–H groups in total. The molecule has 2 aromatic rings. The van der Waals surface area contributed by atoms with Crippen LogP contribution in [0.2, 0.25) is 0 Å². The molecule has 2 rings (SSSR count). The van der Waals surface area contributed by atoms with Crippen LogP contribution >= 0.6 is 23.1 Å². The van der Waals surface area contributed by atoms with Crippen molar-refractivity contribution in [2.24, 2.45) is 0 Å². The maximum atomic E-state index is 3.59. The molecule has 0 aliphatic carbocycles. The van der Waals surface area contributed by atoms with E-state index < -0.39 is 0 Å². The second kappa shape index (κ2) is 6.98. The van der Waals surface area contributed by atoms with E-state index in [1.165, 1.54) is 15.3 Å². The Hall–Kier alpha value is -0.770. The first-order valence-electron chi connectivity index (χ1n) is 6.26. The van der Waals surface area contributed by atoms with Crippen LogP contribution in [-0.2, 0) is 0 Å². The lowest BCUT2D eigenvalue weighted by Crippen LogP contribution is -2.22. The van der Waals surface area contributed by atoms with Gasteiger partial charge >= 0.3 is 0 Å². The predicted molar refractivity (Wildman–Crippen MR) is 82.6 cm³/mol. The van der Waals surface area contributed by atoms with Crippen LogP contribution in [0.1, 0.15) is 23.4 Å². The van der Waals surface area contributed by atoms with Crippen molar-refractivity contribution < 1.29 is 0 Å². The molecule has 1 heterocycles. The molecule has 1 unspecified atom stereocenters. The summed E-state index contributed by atoms with van der Waals surface area (Å²) >= 11 is 3.78. The summed E-state index contributed by atoms with van der Waals surface area (Å²) < 4.78 is 0. The first-order valence-corrected chi connectivity index (χ1v) is 8.13. The molecule has 0 bridgehead atoms. The molecule has 0 saturated carbocycles. The standard InChI is InChI=1S/C15H19NS2/c1-3-16-14(15-12(2)9-10-17-15)11-18-13-7-5-4-6-8-13/h4-10,14,16H,3,11H2,1-2H3. The minimum absolute atomic E-state index is 0.459. The van der Waals surface area contributed by atoms with Crippen LogP contribution in [0.15, 0.2) is 46.7 Å². The van der Waals surface area contributed by atoms with Gasteiger partial charge in [-0.2, -0.15) is 0 Å². The van der Waals surface area contributed by atoms with E-state index in [0.717, 1.165) is 12.3 Å². The summed E-state index contributed by atoms with van der Waals surface area (Å²) in [5.74, 6) is 1.08. The van der Waals surface area contributed by atoms with Crippen molar-refractivity contribution in [2.75, 3.05) is 12.3 Å². The molecule has 0 radical (unpaired) electrons. The molecule has 0 aliphatic heterocycles. The SMILES string of the molecule is CCNC(CSc1ccccc1)c1sccc1C. The zero-order valence-electron chi connectivity index (χ0n) is 10.8. The van der Waals surface area contributed by atoms with Crippen LogP contribution in [-0.4, -0.2) is 12.3 Å². The molecule has 1 atom stereocenters. The third-order valence-corrected chi connectivity index (χ3v) is 5.07. The van der Waals surface area contributed by atoms with Gasteiger partial charge in [-0.05, 0) is 42.6 Å². The molecule has 0 amide bonds. The van der Waals surface area contributed by atoms with Gasteiger partial charge in [-0.1, -0.05) is 25.1 Å². The van der Waals surface area contributed by atoms with E-state index in [4.69, 9.17) is 0 Å². The minimum Gasteiger partial charge on any atom is -0.309 e. The van der Waals surface area contributed by atoms with E-state index in [-0.39, 0.29) is 0 Å². The van der Waals surface area contributed by atoms with E-state index in [9.17, 15) is 0 Å². The molecule has 1 nitrogen and oxygen atoms in total. The first kappa shape index (κ1) is 13.7. The van der Waals surface area contributed by atoms with Gasteiger partial charge in [-0.3, -0.25) is 0 Å². The van der Waals surface area contributed by atoms with Crippen molar-refractivity contribution in [3.05, 3.63) is 52.2 Å². The van der Waals surface area contributed by atoms with Crippen molar-refractivity contribution >= 4 is 23.1 Å². The highest BCUT2D eigenvalue weighted by atomic mass is 32.2. The van der Waals surface area contributed by atoms with Crippen LogP contribution in [0, 0.1) is 6.92 Å². The van der Waals surface area contributed by atoms with Crippen LogP contribution in [0.3, 0.4) is 0 Å². The Morgan fingerprint density at radius 3 is 2.61 bits per heavy atom. The Bertz CT molecular complexity index is 464. The van der Waals surface area contributed by atoms with Crippen molar-refractivity contribution in [3.63, 3.8) is 0 Å². The molecule has 0 saturated heterocycles. The fourth-order valence-electron chi connectivity index (χ4n) is 1.91. The van der Waals surface area contributed by atoms with Gasteiger partial charge in [0.1, 0.15) is 0 Å². The van der Waals surface area contributed by atoms with E-state index in [0.29, 0.717) is 6.04 Å². The fraction of sp³-hybridized carbons (Fsp3) is 0.333. The zero-order valence-corrected chi connectivity index (χ0v) is 12.5. The number of rotatable bonds is 6. The number of hydrogen-bond acceptors (Lipinski definition) is 3. The van der Waals surface area contributed by atoms with Crippen LogP contribution in [0.25, 0.3) is 0 Å². The normalized spacial score (nSPS) is 12.6. The van der Waals surface area contributed by atoms with Gasteiger partial charge < -0.3 is 5.32 Å². The Kier molecular flexibility index (Phi) is 5.29. The van der Waals surface area contributed by atoms with Crippen LogP contribution < -0.4 is 5.32 Å². The second-order valence-electron chi connectivity index (χ2n) is 4.20. The summed E-state index contributed by atoms with van der Waals surface area (Å²) in [6, 6.07) is 13.3. The summed E-state index contributed by atoms with van der Waals surface area (Å²) in [5, 5.41) is 5.77. The Morgan fingerprint density at radius 2 is 2.00 bits per heavy atom. The molecule has 0 fully saturated rings. The summed E-state index contributed by atoms with van der Waals surface area (Å²) in [6.07, 6.45) is 0. The fourth-order valence-corrected chi connectivity index (χ4v) is 4.01. The molecule has 1 aromatic heterocycles. The molecular formula is C15H19NS2. The summed E-state index contributed by atoms with van der Waals surface area (Å²) in [6.45, 7) is 5.38. The molecule has 3 heteroatoms. The van der Waals surface area contributed by atoms with E-state index in [1.807, 2.05) is 23.1 Å². The molecule has 96 valence electrons. The number of thioether (sulfide) groups is 1. The number of benzene rings is 1. The van der Waals surface area contributed by atoms with E-state index in [1.54, 1.807) is 0 Å². The van der Waals surface area contributed by atoms with Gasteiger partial charge in [0.2, 0.25) is 0 Å². The summed E-state index contributed by atoms with van der Waals surface area (Å²) in [5.41, 5.74) is 1.40. The minimum atomic E-state index is 0.459. The van der Waals surface area contributed by atoms with E-state index >= 15 is 0 Å². The lowest BCUT2D eigenvalue weighted by molar-refractivity contribution is 0.612. The predicted octanol–water partition coefficient (Wildman–Crippen LogP) is 4.50. The third kappa shape index (κ3) is 3.61. The second-order valence-corrected chi connectivity index (χ2v) is 6.24. The average molecular weight is 277 g/mol. The maximum absolute atomic E-state index is 3.59. The van der Waals surface area contributed by atoms with Gasteiger partial charge in [-0.25, -0.2) is 0 Å². The van der Waals surface area contributed by atoms with Gasteiger partial charge in [0.05, 0.1) is 6.04 Å². The van der Waals surface area contributed by atoms with Crippen LogP contribution in [0.4, 0.5) is 0 Å². The number of thiophene rings is 1. The molecular weight excluding hydrogens is 258 g/mol. The molecule has 0 aliphatic rings. The quantitative estimate of drug-likeness (QED) is 0.780. The van der Waals surface area contributed by atoms with Crippen molar-refractivity contribution in [2.45, 2.75) is 24.8 Å². The Morgan fingerprint density at radius 1 is 1.22 bits per heavy atom. The largest absolute Gasteiger partial charge is 0.309 e. The highest BCUT2D eigenvalue weighted by Crippen LogP contribution is 2.29. The topological polar surface area (TPSA) is 12.0 Å². The number of hydrogen-bond donors (Lipinski definition) is 1. The Balaban J connectivity index is 2.01.